The predicted molar refractivity (Wildman–Crippen MR) is 137 cm³/mol. The van der Waals surface area contributed by atoms with Crippen LogP contribution >= 0.6 is 11.3 Å². The Labute approximate surface area is 215 Å². The summed E-state index contributed by atoms with van der Waals surface area (Å²) in [6.45, 7) is 13.0. The summed E-state index contributed by atoms with van der Waals surface area (Å²) in [5.74, 6) is -0.799. The third-order valence-electron chi connectivity index (χ3n) is 5.77. The van der Waals surface area contributed by atoms with Gasteiger partial charge in [0.05, 0.1) is 22.7 Å². The van der Waals surface area contributed by atoms with E-state index in [2.05, 4.69) is 36.3 Å². The molecule has 11 nitrogen and oxygen atoms in total. The third kappa shape index (κ3) is 4.87. The Kier molecular flexibility index (Phi) is 7.22. The first-order chi connectivity index (χ1) is 17.8. The third-order valence-corrected chi connectivity index (χ3v) is 6.84. The highest BCUT2D eigenvalue weighted by atomic mass is 32.1. The lowest BCUT2D eigenvalue weighted by Gasteiger charge is -2.06. The number of aromatic nitrogens is 4. The summed E-state index contributed by atoms with van der Waals surface area (Å²) in [6.07, 6.45) is 1.55. The Balaban J connectivity index is 1.87. The molecule has 0 amide bonds. The van der Waals surface area contributed by atoms with Crippen LogP contribution in [0.3, 0.4) is 0 Å². The van der Waals surface area contributed by atoms with Gasteiger partial charge in [-0.05, 0) is 25.0 Å². The van der Waals surface area contributed by atoms with Crippen LogP contribution in [0.1, 0.15) is 65.7 Å². The van der Waals surface area contributed by atoms with Crippen LogP contribution in [0.4, 0.5) is 16.4 Å². The SMILES string of the molecule is [C-]#[N+]c1c(N=Nc2c(-c3ccccc3C(=O)O)[nH]n3nc(C(C)CC(=O)CCC)nc23)sc(C#N)c1C. The summed E-state index contributed by atoms with van der Waals surface area (Å²) in [4.78, 5) is 32.5. The van der Waals surface area contributed by atoms with Crippen LogP contribution in [0, 0.1) is 24.8 Å². The molecule has 0 aliphatic rings. The second kappa shape index (κ2) is 10.5. The maximum absolute atomic E-state index is 12.2. The molecular weight excluding hydrogens is 492 g/mol. The van der Waals surface area contributed by atoms with E-state index >= 15 is 0 Å². The van der Waals surface area contributed by atoms with E-state index in [1.165, 1.54) is 10.7 Å². The van der Waals surface area contributed by atoms with Crippen molar-refractivity contribution >= 4 is 45.1 Å². The van der Waals surface area contributed by atoms with Crippen LogP contribution in [-0.2, 0) is 4.79 Å². The number of nitriles is 1. The number of carboxylic acid groups (broad SMARTS) is 1. The van der Waals surface area contributed by atoms with E-state index in [4.69, 9.17) is 6.57 Å². The summed E-state index contributed by atoms with van der Waals surface area (Å²) in [7, 11) is 0. The van der Waals surface area contributed by atoms with Gasteiger partial charge >= 0.3 is 5.97 Å². The molecule has 1 aromatic carbocycles. The summed E-state index contributed by atoms with van der Waals surface area (Å²) in [5.41, 5.74) is 2.01. The van der Waals surface area contributed by atoms with Gasteiger partial charge in [-0.25, -0.2) is 14.6 Å². The number of carbonyl (C=O) groups excluding carboxylic acids is 1. The van der Waals surface area contributed by atoms with Gasteiger partial charge in [0.25, 0.3) is 0 Å². The number of fused-ring (bicyclic) bond motifs is 1. The number of carboxylic acids is 1. The van der Waals surface area contributed by atoms with Crippen molar-refractivity contribution in [2.75, 3.05) is 0 Å². The second-order valence-corrected chi connectivity index (χ2v) is 9.42. The molecule has 0 radical (unpaired) electrons. The number of benzene rings is 1. The Morgan fingerprint density at radius 3 is 2.78 bits per heavy atom. The van der Waals surface area contributed by atoms with Crippen LogP contribution < -0.4 is 0 Å². The molecule has 3 aromatic heterocycles. The largest absolute Gasteiger partial charge is 0.478 e. The molecule has 4 aromatic rings. The normalized spacial score (nSPS) is 12.0. The fraction of sp³-hybridized carbons (Fsp3) is 0.280. The number of hydrogen-bond acceptors (Lipinski definition) is 8. The molecule has 4 rings (SSSR count). The van der Waals surface area contributed by atoms with Gasteiger partial charge in [0.1, 0.15) is 16.9 Å². The molecule has 0 saturated carbocycles. The Morgan fingerprint density at radius 2 is 2.11 bits per heavy atom. The van der Waals surface area contributed by atoms with E-state index in [1.807, 2.05) is 13.8 Å². The zero-order chi connectivity index (χ0) is 26.7. The van der Waals surface area contributed by atoms with Gasteiger partial charge in [-0.3, -0.25) is 9.89 Å². The average Bonchev–Trinajstić information content (AvgIpc) is 3.53. The molecule has 1 atom stereocenters. The molecular formula is C25H22N8O3S. The Hall–Kier alpha value is -4.68. The molecule has 186 valence electrons. The van der Waals surface area contributed by atoms with Crippen molar-refractivity contribution in [2.24, 2.45) is 10.2 Å². The summed E-state index contributed by atoms with van der Waals surface area (Å²) in [6, 6.07) is 8.48. The van der Waals surface area contributed by atoms with Crippen LogP contribution in [0.2, 0.25) is 0 Å². The van der Waals surface area contributed by atoms with Crippen molar-refractivity contribution in [3.05, 3.63) is 57.5 Å². The zero-order valence-electron chi connectivity index (χ0n) is 20.3. The topological polar surface area (TPSA) is 153 Å². The maximum Gasteiger partial charge on any atom is 0.336 e. The molecule has 0 bridgehead atoms. The predicted octanol–water partition coefficient (Wildman–Crippen LogP) is 6.49. The Bertz CT molecular complexity index is 1630. The number of carbonyl (C=O) groups is 2. The second-order valence-electron chi connectivity index (χ2n) is 8.42. The number of nitrogens with zero attached hydrogens (tertiary/aromatic N) is 7. The number of aromatic carboxylic acids is 1. The van der Waals surface area contributed by atoms with Crippen molar-refractivity contribution in [1.29, 1.82) is 5.26 Å². The maximum atomic E-state index is 12.2. The standard InChI is InChI=1S/C25H22N8O3S/c1-5-8-15(34)11-13(2)22-28-23-21(29-30-24-19(27-4)14(3)18(12-26)37-24)20(31-33(23)32-22)16-9-6-7-10-17(16)25(35)36/h6-7,9-10,13,31H,5,8,11H2,1-3H3,(H,35,36). The molecule has 0 aliphatic carbocycles. The van der Waals surface area contributed by atoms with Crippen molar-refractivity contribution in [3.8, 4) is 17.3 Å². The molecule has 0 saturated heterocycles. The average molecular weight is 515 g/mol. The lowest BCUT2D eigenvalue weighted by Crippen LogP contribution is -2.06. The molecule has 2 N–H and O–H groups in total. The number of thiophene rings is 1. The van der Waals surface area contributed by atoms with Gasteiger partial charge in [0.2, 0.25) is 11.3 Å². The smallest absolute Gasteiger partial charge is 0.336 e. The quantitative estimate of drug-likeness (QED) is 0.192. The van der Waals surface area contributed by atoms with Crippen molar-refractivity contribution < 1.29 is 14.7 Å². The first-order valence-electron chi connectivity index (χ1n) is 11.4. The number of nitrogens with one attached hydrogen (secondary N) is 1. The first-order valence-corrected chi connectivity index (χ1v) is 12.3. The molecule has 0 spiro atoms. The number of rotatable bonds is 9. The van der Waals surface area contributed by atoms with Gasteiger partial charge in [-0.1, -0.05) is 32.0 Å². The van der Waals surface area contributed by atoms with Crippen molar-refractivity contribution in [2.45, 2.75) is 46.0 Å². The van der Waals surface area contributed by atoms with E-state index in [0.717, 1.165) is 17.8 Å². The molecule has 3 heterocycles. The lowest BCUT2D eigenvalue weighted by atomic mass is 10.0. The minimum absolute atomic E-state index is 0.0442. The summed E-state index contributed by atoms with van der Waals surface area (Å²) < 4.78 is 1.38. The number of aromatic amines is 1. The molecule has 1 unspecified atom stereocenters. The van der Waals surface area contributed by atoms with E-state index in [1.54, 1.807) is 25.1 Å². The number of H-pyrrole nitrogens is 1. The minimum Gasteiger partial charge on any atom is -0.478 e. The van der Waals surface area contributed by atoms with Gasteiger partial charge in [-0.2, -0.15) is 15.0 Å². The van der Waals surface area contributed by atoms with Crippen LogP contribution in [0.5, 0.6) is 0 Å². The fourth-order valence-electron chi connectivity index (χ4n) is 3.91. The lowest BCUT2D eigenvalue weighted by molar-refractivity contribution is -0.119. The number of Topliss-reactive ketones (excluding diaryl/α,β-unsaturated/α-hetero) is 1. The Morgan fingerprint density at radius 1 is 1.35 bits per heavy atom. The van der Waals surface area contributed by atoms with Crippen molar-refractivity contribution in [1.82, 2.24) is 19.8 Å². The molecule has 37 heavy (non-hydrogen) atoms. The first kappa shape index (κ1) is 25.4. The number of azo groups is 1. The monoisotopic (exact) mass is 514 g/mol. The molecule has 0 fully saturated rings. The molecule has 0 aliphatic heterocycles. The van der Waals surface area contributed by atoms with E-state index < -0.39 is 5.97 Å². The number of hydrogen-bond donors (Lipinski definition) is 2. The van der Waals surface area contributed by atoms with E-state index in [9.17, 15) is 20.0 Å². The fourth-order valence-corrected chi connectivity index (χ4v) is 4.78. The van der Waals surface area contributed by atoms with Crippen LogP contribution in [-0.4, -0.2) is 36.7 Å². The van der Waals surface area contributed by atoms with Gasteiger partial charge in [0.15, 0.2) is 11.5 Å². The highest BCUT2D eigenvalue weighted by molar-refractivity contribution is 7.17. The summed E-state index contributed by atoms with van der Waals surface area (Å²) >= 11 is 1.05. The van der Waals surface area contributed by atoms with Crippen molar-refractivity contribution in [3.63, 3.8) is 0 Å². The van der Waals surface area contributed by atoms with Gasteiger partial charge < -0.3 is 5.11 Å². The van der Waals surface area contributed by atoms with Gasteiger partial charge in [-0.15, -0.1) is 21.5 Å². The van der Waals surface area contributed by atoms with Crippen LogP contribution in [0.25, 0.3) is 21.7 Å². The highest BCUT2D eigenvalue weighted by Gasteiger charge is 2.24. The summed E-state index contributed by atoms with van der Waals surface area (Å²) in [5, 5.41) is 35.5. The molecule has 12 heteroatoms. The highest BCUT2D eigenvalue weighted by Crippen LogP contribution is 2.43. The van der Waals surface area contributed by atoms with E-state index in [0.29, 0.717) is 46.0 Å². The number of ketones is 1. The zero-order valence-corrected chi connectivity index (χ0v) is 21.1. The van der Waals surface area contributed by atoms with E-state index in [-0.39, 0.29) is 33.6 Å². The van der Waals surface area contributed by atoms with Crippen LogP contribution in [0.15, 0.2) is 34.5 Å². The van der Waals surface area contributed by atoms with Gasteiger partial charge in [0, 0.05) is 24.3 Å². The minimum atomic E-state index is -1.12.